The second-order valence-electron chi connectivity index (χ2n) is 6.10. The first-order valence-electron chi connectivity index (χ1n) is 8.17. The van der Waals surface area contributed by atoms with E-state index in [0.29, 0.717) is 6.54 Å². The van der Waals surface area contributed by atoms with Crippen molar-refractivity contribution in [3.05, 3.63) is 57.8 Å². The molecule has 2 heterocycles. The van der Waals surface area contributed by atoms with Crippen LogP contribution in [0.2, 0.25) is 0 Å². The Morgan fingerprint density at radius 2 is 1.84 bits per heavy atom. The van der Waals surface area contributed by atoms with Crippen LogP contribution < -0.4 is 5.32 Å². The molecule has 3 rings (SSSR count). The largest absolute Gasteiger partial charge is 0.416 e. The number of nitrogens with zero attached hydrogens (tertiary/aromatic N) is 1. The van der Waals surface area contributed by atoms with E-state index in [2.05, 4.69) is 21.7 Å². The average molecular weight is 368 g/mol. The van der Waals surface area contributed by atoms with Crippen molar-refractivity contribution in [2.45, 2.75) is 25.1 Å². The molecule has 2 aromatic rings. The molecular weight excluding hydrogens is 349 g/mol. The van der Waals surface area contributed by atoms with Gasteiger partial charge in [-0.3, -0.25) is 9.69 Å². The first kappa shape index (κ1) is 17.9. The summed E-state index contributed by atoms with van der Waals surface area (Å²) in [5.74, 6) is -0.354. The van der Waals surface area contributed by atoms with Crippen LogP contribution >= 0.6 is 11.3 Å². The molecule has 1 fully saturated rings. The maximum absolute atomic E-state index is 12.6. The zero-order chi connectivity index (χ0) is 17.9. The van der Waals surface area contributed by atoms with E-state index in [1.165, 1.54) is 17.7 Å². The molecule has 0 unspecified atom stereocenters. The predicted octanol–water partition coefficient (Wildman–Crippen LogP) is 4.33. The van der Waals surface area contributed by atoms with E-state index in [-0.39, 0.29) is 17.5 Å². The van der Waals surface area contributed by atoms with Crippen molar-refractivity contribution in [3.8, 4) is 0 Å². The fourth-order valence-electron chi connectivity index (χ4n) is 3.08. The summed E-state index contributed by atoms with van der Waals surface area (Å²) in [5.41, 5.74) is 0.648. The highest BCUT2D eigenvalue weighted by molar-refractivity contribution is 7.07. The SMILES string of the molecule is O=C(NC[C@H](c1ccsc1)N1CCCC1)c1ccc(C(F)(F)F)cc1. The summed E-state index contributed by atoms with van der Waals surface area (Å²) in [4.78, 5) is 14.6. The van der Waals surface area contributed by atoms with Crippen molar-refractivity contribution in [2.75, 3.05) is 19.6 Å². The standard InChI is InChI=1S/C18H19F3N2OS/c19-18(20,21)15-5-3-13(4-6-15)17(24)22-11-16(14-7-10-25-12-14)23-8-1-2-9-23/h3-7,10,12,16H,1-2,8-9,11H2,(H,22,24)/t16-/m1/s1. The van der Waals surface area contributed by atoms with Crippen LogP contribution in [-0.4, -0.2) is 30.4 Å². The smallest absolute Gasteiger partial charge is 0.350 e. The molecule has 1 aromatic carbocycles. The highest BCUT2D eigenvalue weighted by atomic mass is 32.1. The molecule has 0 spiro atoms. The molecule has 1 aromatic heterocycles. The van der Waals surface area contributed by atoms with Gasteiger partial charge in [-0.05, 0) is 72.6 Å². The van der Waals surface area contributed by atoms with Gasteiger partial charge < -0.3 is 5.32 Å². The van der Waals surface area contributed by atoms with E-state index in [9.17, 15) is 18.0 Å². The van der Waals surface area contributed by atoms with E-state index in [1.54, 1.807) is 11.3 Å². The normalized spacial score (nSPS) is 16.8. The number of carbonyl (C=O) groups excluding carboxylic acids is 1. The average Bonchev–Trinajstić information content (AvgIpc) is 3.28. The molecule has 1 N–H and O–H groups in total. The van der Waals surface area contributed by atoms with Crippen LogP contribution in [0, 0.1) is 0 Å². The Morgan fingerprint density at radius 3 is 2.40 bits per heavy atom. The maximum atomic E-state index is 12.6. The van der Waals surface area contributed by atoms with Crippen molar-refractivity contribution < 1.29 is 18.0 Å². The number of rotatable bonds is 5. The highest BCUT2D eigenvalue weighted by Crippen LogP contribution is 2.29. The van der Waals surface area contributed by atoms with Gasteiger partial charge >= 0.3 is 6.18 Å². The second kappa shape index (κ2) is 7.58. The molecule has 1 atom stereocenters. The predicted molar refractivity (Wildman–Crippen MR) is 91.6 cm³/mol. The van der Waals surface area contributed by atoms with E-state index in [4.69, 9.17) is 0 Å². The number of hydrogen-bond donors (Lipinski definition) is 1. The van der Waals surface area contributed by atoms with Gasteiger partial charge in [-0.1, -0.05) is 0 Å². The number of nitrogens with one attached hydrogen (secondary N) is 1. The lowest BCUT2D eigenvalue weighted by atomic mass is 10.1. The van der Waals surface area contributed by atoms with E-state index >= 15 is 0 Å². The summed E-state index contributed by atoms with van der Waals surface area (Å²) >= 11 is 1.62. The molecule has 1 amide bonds. The van der Waals surface area contributed by atoms with Crippen LogP contribution in [0.15, 0.2) is 41.1 Å². The Hall–Kier alpha value is -1.86. The summed E-state index contributed by atoms with van der Waals surface area (Å²) in [6, 6.07) is 6.46. The lowest BCUT2D eigenvalue weighted by Gasteiger charge is -2.27. The first-order valence-corrected chi connectivity index (χ1v) is 9.11. The molecule has 0 radical (unpaired) electrons. The third kappa shape index (κ3) is 4.41. The van der Waals surface area contributed by atoms with Gasteiger partial charge in [0.2, 0.25) is 0 Å². The molecular formula is C18H19F3N2OS. The monoisotopic (exact) mass is 368 g/mol. The molecule has 1 aliphatic rings. The van der Waals surface area contributed by atoms with E-state index in [1.807, 2.05) is 5.38 Å². The maximum Gasteiger partial charge on any atom is 0.416 e. The molecule has 1 saturated heterocycles. The van der Waals surface area contributed by atoms with Gasteiger partial charge in [0.25, 0.3) is 5.91 Å². The zero-order valence-electron chi connectivity index (χ0n) is 13.6. The van der Waals surface area contributed by atoms with Crippen molar-refractivity contribution >= 4 is 17.2 Å². The van der Waals surface area contributed by atoms with Gasteiger partial charge in [0.15, 0.2) is 0 Å². The quantitative estimate of drug-likeness (QED) is 0.852. The molecule has 134 valence electrons. The van der Waals surface area contributed by atoms with E-state index in [0.717, 1.165) is 38.1 Å². The number of thiophene rings is 1. The summed E-state index contributed by atoms with van der Waals surface area (Å²) in [6.07, 6.45) is -2.10. The number of benzene rings is 1. The Morgan fingerprint density at radius 1 is 1.16 bits per heavy atom. The lowest BCUT2D eigenvalue weighted by Crippen LogP contribution is -2.36. The fraction of sp³-hybridized carbons (Fsp3) is 0.389. The van der Waals surface area contributed by atoms with Crippen LogP contribution in [0.3, 0.4) is 0 Å². The molecule has 7 heteroatoms. The van der Waals surface area contributed by atoms with Crippen LogP contribution in [0.25, 0.3) is 0 Å². The number of halogens is 3. The minimum atomic E-state index is -4.39. The van der Waals surface area contributed by atoms with Crippen molar-refractivity contribution in [1.82, 2.24) is 10.2 Å². The first-order chi connectivity index (χ1) is 11.9. The summed E-state index contributed by atoms with van der Waals surface area (Å²) < 4.78 is 37.8. The third-order valence-corrected chi connectivity index (χ3v) is 5.14. The van der Waals surface area contributed by atoms with Gasteiger partial charge in [-0.2, -0.15) is 24.5 Å². The Labute approximate surface area is 148 Å². The lowest BCUT2D eigenvalue weighted by molar-refractivity contribution is -0.137. The second-order valence-corrected chi connectivity index (χ2v) is 6.88. The van der Waals surface area contributed by atoms with Gasteiger partial charge in [0.1, 0.15) is 0 Å². The molecule has 0 saturated carbocycles. The van der Waals surface area contributed by atoms with Gasteiger partial charge in [-0.25, -0.2) is 0 Å². The minimum absolute atomic E-state index is 0.104. The third-order valence-electron chi connectivity index (χ3n) is 4.44. The van der Waals surface area contributed by atoms with Crippen LogP contribution in [0.4, 0.5) is 13.2 Å². The Kier molecular flexibility index (Phi) is 5.44. The van der Waals surface area contributed by atoms with Crippen LogP contribution in [0.1, 0.15) is 40.4 Å². The molecule has 25 heavy (non-hydrogen) atoms. The van der Waals surface area contributed by atoms with Gasteiger partial charge in [-0.15, -0.1) is 0 Å². The minimum Gasteiger partial charge on any atom is -0.350 e. The molecule has 0 aliphatic carbocycles. The number of hydrogen-bond acceptors (Lipinski definition) is 3. The Bertz CT molecular complexity index is 692. The van der Waals surface area contributed by atoms with Crippen LogP contribution in [0.5, 0.6) is 0 Å². The van der Waals surface area contributed by atoms with Crippen molar-refractivity contribution in [1.29, 1.82) is 0 Å². The summed E-state index contributed by atoms with van der Waals surface area (Å²) in [6.45, 7) is 2.43. The number of likely N-dealkylation sites (tertiary alicyclic amines) is 1. The zero-order valence-corrected chi connectivity index (χ0v) is 14.4. The number of alkyl halides is 3. The molecule has 3 nitrogen and oxygen atoms in total. The summed E-state index contributed by atoms with van der Waals surface area (Å²) in [7, 11) is 0. The van der Waals surface area contributed by atoms with Gasteiger partial charge in [0, 0.05) is 12.1 Å². The van der Waals surface area contributed by atoms with Crippen molar-refractivity contribution in [2.24, 2.45) is 0 Å². The van der Waals surface area contributed by atoms with Gasteiger partial charge in [0.05, 0.1) is 11.6 Å². The topological polar surface area (TPSA) is 32.3 Å². The molecule has 0 bridgehead atoms. The van der Waals surface area contributed by atoms with E-state index < -0.39 is 11.7 Å². The van der Waals surface area contributed by atoms with Crippen LogP contribution in [-0.2, 0) is 6.18 Å². The molecule has 1 aliphatic heterocycles. The summed E-state index contributed by atoms with van der Waals surface area (Å²) in [5, 5.41) is 6.95. The number of carbonyl (C=O) groups is 1. The highest BCUT2D eigenvalue weighted by Gasteiger charge is 2.30. The Balaban J connectivity index is 1.65. The van der Waals surface area contributed by atoms with Crippen molar-refractivity contribution in [3.63, 3.8) is 0 Å². The fourth-order valence-corrected chi connectivity index (χ4v) is 3.78. The number of amides is 1.